The first kappa shape index (κ1) is 21.6. The second-order valence-electron chi connectivity index (χ2n) is 9.98. The van der Waals surface area contributed by atoms with Gasteiger partial charge in [-0.05, 0) is 64.7 Å². The highest BCUT2D eigenvalue weighted by molar-refractivity contribution is 5.76. The summed E-state index contributed by atoms with van der Waals surface area (Å²) in [6.45, 7) is 5.61. The van der Waals surface area contributed by atoms with E-state index < -0.39 is 5.60 Å². The van der Waals surface area contributed by atoms with Crippen LogP contribution in [-0.4, -0.2) is 35.3 Å². The molecule has 160 valence electrons. The van der Waals surface area contributed by atoms with Crippen LogP contribution in [0.15, 0.2) is 10.2 Å². The molecular weight excluding hydrogens is 368 g/mol. The minimum absolute atomic E-state index is 0.0846. The lowest BCUT2D eigenvalue weighted by atomic mass is 9.58. The Kier molecular flexibility index (Phi) is 6.21. The molecule has 0 unspecified atom stereocenters. The summed E-state index contributed by atoms with van der Waals surface area (Å²) in [6.07, 6.45) is 13.7. The van der Waals surface area contributed by atoms with Gasteiger partial charge in [0.05, 0.1) is 0 Å². The van der Waals surface area contributed by atoms with Crippen molar-refractivity contribution < 1.29 is 14.3 Å². The molecular formula is C22H34N4O3. The number of carbonyl (C=O) groups is 2. The number of nitrogens with zero attached hydrogens (tertiary/aromatic N) is 2. The predicted molar refractivity (Wildman–Crippen MR) is 110 cm³/mol. The van der Waals surface area contributed by atoms with Crippen molar-refractivity contribution >= 4 is 12.0 Å². The van der Waals surface area contributed by atoms with Gasteiger partial charge in [-0.15, -0.1) is 12.3 Å². The van der Waals surface area contributed by atoms with E-state index in [2.05, 4.69) is 26.8 Å². The summed E-state index contributed by atoms with van der Waals surface area (Å²) in [5.74, 6) is 2.69. The number of carbonyl (C=O) groups excluding carboxylic acids is 2. The molecule has 2 N–H and O–H groups in total. The van der Waals surface area contributed by atoms with Crippen LogP contribution in [0, 0.1) is 17.8 Å². The molecule has 2 amide bonds. The molecule has 7 nitrogen and oxygen atoms in total. The largest absolute Gasteiger partial charge is 0.444 e. The van der Waals surface area contributed by atoms with Crippen LogP contribution in [0.2, 0.25) is 0 Å². The van der Waals surface area contributed by atoms with E-state index in [0.717, 1.165) is 44.9 Å². The Labute approximate surface area is 173 Å². The highest BCUT2D eigenvalue weighted by atomic mass is 16.6. The number of ether oxygens (including phenoxy) is 1. The number of hydrogen-bond donors (Lipinski definition) is 2. The molecule has 7 heteroatoms. The maximum absolute atomic E-state index is 12.3. The summed E-state index contributed by atoms with van der Waals surface area (Å²) in [4.78, 5) is 24.2. The van der Waals surface area contributed by atoms with Crippen molar-refractivity contribution in [3.63, 3.8) is 0 Å². The van der Waals surface area contributed by atoms with Gasteiger partial charge in [0, 0.05) is 37.8 Å². The molecule has 0 bridgehead atoms. The number of hydrogen-bond acceptors (Lipinski definition) is 5. The van der Waals surface area contributed by atoms with E-state index in [9.17, 15) is 9.59 Å². The number of alkyl carbamates (subject to hydrolysis) is 1. The third kappa shape index (κ3) is 6.19. The summed E-state index contributed by atoms with van der Waals surface area (Å²) in [6, 6.07) is 0.460. The summed E-state index contributed by atoms with van der Waals surface area (Å²) in [5, 5.41) is 14.3. The van der Waals surface area contributed by atoms with Gasteiger partial charge < -0.3 is 15.4 Å². The molecule has 0 aromatic rings. The minimum atomic E-state index is -0.468. The van der Waals surface area contributed by atoms with Crippen LogP contribution in [0.1, 0.15) is 85.0 Å². The normalized spacial score (nSPS) is 29.4. The van der Waals surface area contributed by atoms with Crippen LogP contribution < -0.4 is 10.6 Å². The average molecular weight is 403 g/mol. The van der Waals surface area contributed by atoms with E-state index in [-0.39, 0.29) is 29.7 Å². The Balaban J connectivity index is 1.31. The van der Waals surface area contributed by atoms with Crippen molar-refractivity contribution in [2.24, 2.45) is 15.6 Å². The number of amides is 2. The Morgan fingerprint density at radius 3 is 2.31 bits per heavy atom. The molecule has 2 aliphatic carbocycles. The van der Waals surface area contributed by atoms with Crippen LogP contribution in [-0.2, 0) is 9.53 Å². The van der Waals surface area contributed by atoms with Gasteiger partial charge >= 0.3 is 6.09 Å². The zero-order chi connectivity index (χ0) is 21.1. The minimum Gasteiger partial charge on any atom is -0.444 e. The number of nitrogens with one attached hydrogen (secondary N) is 2. The van der Waals surface area contributed by atoms with Crippen molar-refractivity contribution in [2.75, 3.05) is 0 Å². The quantitative estimate of drug-likeness (QED) is 0.629. The molecule has 1 spiro atoms. The van der Waals surface area contributed by atoms with E-state index >= 15 is 0 Å². The van der Waals surface area contributed by atoms with Crippen LogP contribution in [0.3, 0.4) is 0 Å². The van der Waals surface area contributed by atoms with Crippen molar-refractivity contribution in [3.8, 4) is 12.3 Å². The van der Waals surface area contributed by atoms with Crippen LogP contribution in [0.4, 0.5) is 4.79 Å². The number of rotatable bonds is 7. The Morgan fingerprint density at radius 1 is 1.10 bits per heavy atom. The van der Waals surface area contributed by atoms with Gasteiger partial charge in [-0.1, -0.05) is 0 Å². The summed E-state index contributed by atoms with van der Waals surface area (Å²) >= 11 is 0. The van der Waals surface area contributed by atoms with E-state index in [1.807, 2.05) is 20.8 Å². The molecule has 3 rings (SSSR count). The predicted octanol–water partition coefficient (Wildman–Crippen LogP) is 4.07. The Bertz CT molecular complexity index is 682. The third-order valence-corrected chi connectivity index (χ3v) is 6.30. The molecule has 0 aromatic carbocycles. The highest BCUT2D eigenvalue weighted by Crippen LogP contribution is 2.51. The average Bonchev–Trinajstić information content (AvgIpc) is 3.37. The maximum Gasteiger partial charge on any atom is 0.407 e. The van der Waals surface area contributed by atoms with Gasteiger partial charge in [0.25, 0.3) is 0 Å². The van der Waals surface area contributed by atoms with Gasteiger partial charge in [0.1, 0.15) is 5.60 Å². The first-order valence-electron chi connectivity index (χ1n) is 10.8. The fourth-order valence-corrected chi connectivity index (χ4v) is 4.63. The van der Waals surface area contributed by atoms with Gasteiger partial charge in [0.2, 0.25) is 5.91 Å². The topological polar surface area (TPSA) is 92.2 Å². The monoisotopic (exact) mass is 402 g/mol. The Hall–Kier alpha value is -2.10. The third-order valence-electron chi connectivity index (χ3n) is 6.30. The first-order valence-corrected chi connectivity index (χ1v) is 10.8. The van der Waals surface area contributed by atoms with Crippen LogP contribution in [0.25, 0.3) is 0 Å². The number of terminal acetylenes is 1. The van der Waals surface area contributed by atoms with Gasteiger partial charge in [0.15, 0.2) is 5.66 Å². The second-order valence-corrected chi connectivity index (χ2v) is 9.98. The van der Waals surface area contributed by atoms with E-state index in [1.165, 1.54) is 0 Å². The lowest BCUT2D eigenvalue weighted by molar-refractivity contribution is -0.122. The van der Waals surface area contributed by atoms with Crippen LogP contribution >= 0.6 is 0 Å². The van der Waals surface area contributed by atoms with Crippen molar-refractivity contribution in [3.05, 3.63) is 0 Å². The molecule has 2 saturated carbocycles. The molecule has 2 fully saturated rings. The second kappa shape index (κ2) is 8.33. The first-order chi connectivity index (χ1) is 13.6. The molecule has 0 radical (unpaired) electrons. The zero-order valence-electron chi connectivity index (χ0n) is 17.9. The standard InChI is InChI=1S/C22H34N4O3/c1-5-6-10-22(25-26-22)13-9-18(27)23-16-7-11-21(12-8-16)14-17(15-21)24-19(28)29-20(2,3)4/h1,16-17H,6-15H2,2-4H3,(H,23,27)(H,24,28). The SMILES string of the molecule is C#CCCC1(CCC(=O)NC2CCC3(CC2)CC(NC(=O)OC(C)(C)C)C3)N=N1. The van der Waals surface area contributed by atoms with Gasteiger partial charge in [-0.3, -0.25) is 4.79 Å². The van der Waals surface area contributed by atoms with Crippen molar-refractivity contribution in [1.29, 1.82) is 0 Å². The van der Waals surface area contributed by atoms with E-state index in [0.29, 0.717) is 24.7 Å². The van der Waals surface area contributed by atoms with Crippen LogP contribution in [0.5, 0.6) is 0 Å². The molecule has 1 aliphatic heterocycles. The lowest BCUT2D eigenvalue weighted by Crippen LogP contribution is -2.54. The van der Waals surface area contributed by atoms with Crippen molar-refractivity contribution in [2.45, 2.75) is 108 Å². The lowest BCUT2D eigenvalue weighted by Gasteiger charge is -2.51. The summed E-state index contributed by atoms with van der Waals surface area (Å²) in [7, 11) is 0. The zero-order valence-corrected chi connectivity index (χ0v) is 17.9. The van der Waals surface area contributed by atoms with E-state index in [1.54, 1.807) is 0 Å². The summed E-state index contributed by atoms with van der Waals surface area (Å²) < 4.78 is 5.33. The molecule has 0 aromatic heterocycles. The summed E-state index contributed by atoms with van der Waals surface area (Å²) in [5.41, 5.74) is -0.529. The Morgan fingerprint density at radius 2 is 1.76 bits per heavy atom. The maximum atomic E-state index is 12.3. The molecule has 3 aliphatic rings. The molecule has 1 heterocycles. The molecule has 0 atom stereocenters. The van der Waals surface area contributed by atoms with Gasteiger partial charge in [-0.2, -0.15) is 10.2 Å². The fourth-order valence-electron chi connectivity index (χ4n) is 4.63. The fraction of sp³-hybridized carbons (Fsp3) is 0.818. The molecule has 0 saturated heterocycles. The smallest absolute Gasteiger partial charge is 0.407 e. The van der Waals surface area contributed by atoms with Crippen molar-refractivity contribution in [1.82, 2.24) is 10.6 Å². The van der Waals surface area contributed by atoms with Gasteiger partial charge in [-0.25, -0.2) is 4.79 Å². The highest BCUT2D eigenvalue weighted by Gasteiger charge is 2.47. The molecule has 29 heavy (non-hydrogen) atoms. The van der Waals surface area contributed by atoms with E-state index in [4.69, 9.17) is 11.2 Å².